The standard InChI is InChI=1S/C11H8F3N3/c12-8-3-6(4-9(13)10(8)14)11-16-2-1-7(5-15)17-11/h1-4H,5,15H2. The van der Waals surface area contributed by atoms with E-state index in [-0.39, 0.29) is 17.9 Å². The van der Waals surface area contributed by atoms with Crippen molar-refractivity contribution in [2.75, 3.05) is 0 Å². The van der Waals surface area contributed by atoms with Gasteiger partial charge in [0.2, 0.25) is 0 Å². The summed E-state index contributed by atoms with van der Waals surface area (Å²) in [6.45, 7) is 0.182. The monoisotopic (exact) mass is 239 g/mol. The molecule has 3 nitrogen and oxygen atoms in total. The van der Waals surface area contributed by atoms with Crippen LogP contribution in [0.2, 0.25) is 0 Å². The second kappa shape index (κ2) is 4.50. The molecule has 88 valence electrons. The van der Waals surface area contributed by atoms with E-state index >= 15 is 0 Å². The van der Waals surface area contributed by atoms with Gasteiger partial charge in [0.25, 0.3) is 0 Å². The summed E-state index contributed by atoms with van der Waals surface area (Å²) in [4.78, 5) is 7.83. The van der Waals surface area contributed by atoms with Crippen LogP contribution >= 0.6 is 0 Å². The number of aromatic nitrogens is 2. The molecule has 0 spiro atoms. The average molecular weight is 239 g/mol. The van der Waals surface area contributed by atoms with Crippen LogP contribution in [-0.2, 0) is 6.54 Å². The van der Waals surface area contributed by atoms with E-state index in [2.05, 4.69) is 9.97 Å². The van der Waals surface area contributed by atoms with Crippen LogP contribution in [0.15, 0.2) is 24.4 Å². The fourth-order valence-electron chi connectivity index (χ4n) is 1.33. The summed E-state index contributed by atoms with van der Waals surface area (Å²) in [5, 5.41) is 0. The Bertz CT molecular complexity index is 534. The van der Waals surface area contributed by atoms with Gasteiger partial charge in [-0.3, -0.25) is 0 Å². The smallest absolute Gasteiger partial charge is 0.194 e. The van der Waals surface area contributed by atoms with E-state index in [1.54, 1.807) is 6.07 Å². The van der Waals surface area contributed by atoms with Crippen molar-refractivity contribution >= 4 is 0 Å². The lowest BCUT2D eigenvalue weighted by molar-refractivity contribution is 0.447. The molecule has 0 unspecified atom stereocenters. The van der Waals surface area contributed by atoms with Gasteiger partial charge in [-0.2, -0.15) is 0 Å². The molecule has 0 atom stereocenters. The van der Waals surface area contributed by atoms with Gasteiger partial charge in [-0.15, -0.1) is 0 Å². The number of rotatable bonds is 2. The van der Waals surface area contributed by atoms with Crippen LogP contribution in [0.4, 0.5) is 13.2 Å². The maximum absolute atomic E-state index is 13.0. The van der Waals surface area contributed by atoms with E-state index < -0.39 is 17.5 Å². The molecule has 0 aliphatic rings. The number of nitrogens with zero attached hydrogens (tertiary/aromatic N) is 2. The fourth-order valence-corrected chi connectivity index (χ4v) is 1.33. The molecule has 2 rings (SSSR count). The van der Waals surface area contributed by atoms with Crippen LogP contribution in [0.3, 0.4) is 0 Å². The molecule has 0 amide bonds. The summed E-state index contributed by atoms with van der Waals surface area (Å²) in [5.41, 5.74) is 5.98. The van der Waals surface area contributed by atoms with Crippen LogP contribution in [0, 0.1) is 17.5 Å². The Hall–Kier alpha value is -1.95. The Morgan fingerprint density at radius 3 is 2.35 bits per heavy atom. The van der Waals surface area contributed by atoms with Crippen LogP contribution in [0.5, 0.6) is 0 Å². The molecule has 6 heteroatoms. The lowest BCUT2D eigenvalue weighted by Gasteiger charge is -2.03. The molecular formula is C11H8F3N3. The number of halogens is 3. The minimum absolute atomic E-state index is 0.0664. The lowest BCUT2D eigenvalue weighted by atomic mass is 10.2. The molecule has 1 aromatic heterocycles. The third kappa shape index (κ3) is 2.26. The maximum Gasteiger partial charge on any atom is 0.194 e. The summed E-state index contributed by atoms with van der Waals surface area (Å²) in [6, 6.07) is 3.27. The first-order valence-electron chi connectivity index (χ1n) is 4.78. The van der Waals surface area contributed by atoms with Gasteiger partial charge in [0, 0.05) is 18.3 Å². The van der Waals surface area contributed by atoms with Crippen molar-refractivity contribution in [2.24, 2.45) is 5.73 Å². The second-order valence-corrected chi connectivity index (χ2v) is 3.33. The number of benzene rings is 1. The first-order valence-corrected chi connectivity index (χ1v) is 4.78. The summed E-state index contributed by atoms with van der Waals surface area (Å²) < 4.78 is 38.8. The van der Waals surface area contributed by atoms with Gasteiger partial charge in [-0.05, 0) is 18.2 Å². The zero-order valence-corrected chi connectivity index (χ0v) is 8.62. The lowest BCUT2D eigenvalue weighted by Crippen LogP contribution is -2.02. The second-order valence-electron chi connectivity index (χ2n) is 3.33. The van der Waals surface area contributed by atoms with Gasteiger partial charge < -0.3 is 5.73 Å². The SMILES string of the molecule is NCc1ccnc(-c2cc(F)c(F)c(F)c2)n1. The van der Waals surface area contributed by atoms with E-state index in [1.165, 1.54) is 6.20 Å². The van der Waals surface area contributed by atoms with Crippen LogP contribution in [-0.4, -0.2) is 9.97 Å². The molecule has 0 saturated carbocycles. The molecule has 2 N–H and O–H groups in total. The van der Waals surface area contributed by atoms with Crippen molar-refractivity contribution in [2.45, 2.75) is 6.54 Å². The Labute approximate surface area is 95.1 Å². The third-order valence-corrected chi connectivity index (χ3v) is 2.16. The number of nitrogens with two attached hydrogens (primary N) is 1. The topological polar surface area (TPSA) is 51.8 Å². The van der Waals surface area contributed by atoms with Gasteiger partial charge in [-0.25, -0.2) is 23.1 Å². The van der Waals surface area contributed by atoms with E-state index in [0.29, 0.717) is 5.69 Å². The Balaban J connectivity index is 2.52. The van der Waals surface area contributed by atoms with Crippen molar-refractivity contribution in [1.29, 1.82) is 0 Å². The van der Waals surface area contributed by atoms with Crippen molar-refractivity contribution in [3.63, 3.8) is 0 Å². The predicted molar refractivity (Wildman–Crippen MR) is 55.2 cm³/mol. The highest BCUT2D eigenvalue weighted by Crippen LogP contribution is 2.20. The maximum atomic E-state index is 13.0. The highest BCUT2D eigenvalue weighted by atomic mass is 19.2. The zero-order valence-electron chi connectivity index (χ0n) is 8.62. The molecule has 0 radical (unpaired) electrons. The summed E-state index contributed by atoms with van der Waals surface area (Å²) >= 11 is 0. The van der Waals surface area contributed by atoms with Crippen molar-refractivity contribution in [1.82, 2.24) is 9.97 Å². The normalized spacial score (nSPS) is 10.6. The molecule has 0 bridgehead atoms. The molecule has 0 aliphatic carbocycles. The van der Waals surface area contributed by atoms with E-state index in [0.717, 1.165) is 12.1 Å². The Morgan fingerprint density at radius 1 is 1.12 bits per heavy atom. The highest BCUT2D eigenvalue weighted by molar-refractivity contribution is 5.55. The number of hydrogen-bond acceptors (Lipinski definition) is 3. The predicted octanol–water partition coefficient (Wildman–Crippen LogP) is 2.02. The van der Waals surface area contributed by atoms with E-state index in [1.807, 2.05) is 0 Å². The molecule has 0 aliphatic heterocycles. The van der Waals surface area contributed by atoms with Crippen LogP contribution in [0.1, 0.15) is 5.69 Å². The van der Waals surface area contributed by atoms with Gasteiger partial charge in [0.15, 0.2) is 23.3 Å². The third-order valence-electron chi connectivity index (χ3n) is 2.16. The highest BCUT2D eigenvalue weighted by Gasteiger charge is 2.13. The van der Waals surface area contributed by atoms with Crippen LogP contribution in [0.25, 0.3) is 11.4 Å². The summed E-state index contributed by atoms with van der Waals surface area (Å²) in [6.07, 6.45) is 1.42. The Kier molecular flexibility index (Phi) is 3.06. The molecule has 0 fully saturated rings. The zero-order chi connectivity index (χ0) is 12.4. The van der Waals surface area contributed by atoms with E-state index in [9.17, 15) is 13.2 Å². The van der Waals surface area contributed by atoms with Gasteiger partial charge in [0.1, 0.15) is 0 Å². The van der Waals surface area contributed by atoms with Gasteiger partial charge in [0.05, 0.1) is 5.69 Å². The fraction of sp³-hybridized carbons (Fsp3) is 0.0909. The summed E-state index contributed by atoms with van der Waals surface area (Å²) in [5.74, 6) is -3.96. The molecular weight excluding hydrogens is 231 g/mol. The summed E-state index contributed by atoms with van der Waals surface area (Å²) in [7, 11) is 0. The Morgan fingerprint density at radius 2 is 1.76 bits per heavy atom. The minimum atomic E-state index is -1.51. The first kappa shape index (κ1) is 11.5. The van der Waals surface area contributed by atoms with Crippen LogP contribution < -0.4 is 5.73 Å². The van der Waals surface area contributed by atoms with Crippen molar-refractivity contribution in [3.8, 4) is 11.4 Å². The first-order chi connectivity index (χ1) is 8.11. The molecule has 1 aromatic carbocycles. The van der Waals surface area contributed by atoms with Crippen molar-refractivity contribution < 1.29 is 13.2 Å². The van der Waals surface area contributed by atoms with Gasteiger partial charge in [-0.1, -0.05) is 0 Å². The van der Waals surface area contributed by atoms with E-state index in [4.69, 9.17) is 5.73 Å². The molecule has 2 aromatic rings. The van der Waals surface area contributed by atoms with Gasteiger partial charge >= 0.3 is 0 Å². The minimum Gasteiger partial charge on any atom is -0.325 e. The number of hydrogen-bond donors (Lipinski definition) is 1. The van der Waals surface area contributed by atoms with Crippen molar-refractivity contribution in [3.05, 3.63) is 47.5 Å². The molecule has 17 heavy (non-hydrogen) atoms. The largest absolute Gasteiger partial charge is 0.325 e. The molecule has 0 saturated heterocycles. The quantitative estimate of drug-likeness (QED) is 0.816. The molecule has 1 heterocycles. The average Bonchev–Trinajstić information content (AvgIpc) is 2.35.